The van der Waals surface area contributed by atoms with Gasteiger partial charge in [-0.1, -0.05) is 28.8 Å². The predicted octanol–water partition coefficient (Wildman–Crippen LogP) is 2.69. The van der Waals surface area contributed by atoms with Gasteiger partial charge in [-0.05, 0) is 38.5 Å². The number of hydrazine groups is 1. The Balaban J connectivity index is 2.23. The lowest BCUT2D eigenvalue weighted by Gasteiger charge is -2.29. The van der Waals surface area contributed by atoms with E-state index >= 15 is 0 Å². The number of hydrogen-bond donors (Lipinski definition) is 1. The molecular weight excluding hydrogens is 403 g/mol. The first-order chi connectivity index (χ1) is 12.2. The molecule has 2 rings (SSSR count). The molecule has 10 heteroatoms. The van der Waals surface area contributed by atoms with Gasteiger partial charge in [0.1, 0.15) is 4.90 Å². The molecule has 0 aliphatic carbocycles. The zero-order chi connectivity index (χ0) is 19.5. The van der Waals surface area contributed by atoms with Gasteiger partial charge in [0.05, 0.1) is 18.1 Å². The SMILES string of the molecule is CCOC(=O)CC1=C(C)CCN(NS(=O)(=O)c2cc(Cl)ccc2Cl)C1=O. The minimum absolute atomic E-state index is 0.0233. The highest BCUT2D eigenvalue weighted by molar-refractivity contribution is 7.89. The van der Waals surface area contributed by atoms with Crippen LogP contribution in [0.5, 0.6) is 0 Å². The van der Waals surface area contributed by atoms with Crippen LogP contribution in [0.2, 0.25) is 10.0 Å². The first-order valence-electron chi connectivity index (χ1n) is 7.79. The van der Waals surface area contributed by atoms with Crippen molar-refractivity contribution < 1.29 is 22.7 Å². The quantitative estimate of drug-likeness (QED) is 0.713. The summed E-state index contributed by atoms with van der Waals surface area (Å²) in [4.78, 5) is 26.3. The first-order valence-corrected chi connectivity index (χ1v) is 10.0. The maximum absolute atomic E-state index is 12.6. The number of nitrogens with one attached hydrogen (secondary N) is 1. The summed E-state index contributed by atoms with van der Waals surface area (Å²) in [6, 6.07) is 4.01. The van der Waals surface area contributed by atoms with Gasteiger partial charge in [-0.3, -0.25) is 14.6 Å². The smallest absolute Gasteiger partial charge is 0.310 e. The highest BCUT2D eigenvalue weighted by Crippen LogP contribution is 2.26. The minimum Gasteiger partial charge on any atom is -0.466 e. The Morgan fingerprint density at radius 3 is 2.69 bits per heavy atom. The van der Waals surface area contributed by atoms with Gasteiger partial charge in [0.2, 0.25) is 0 Å². The van der Waals surface area contributed by atoms with E-state index < -0.39 is 21.9 Å². The predicted molar refractivity (Wildman–Crippen MR) is 97.1 cm³/mol. The Bertz CT molecular complexity index is 867. The summed E-state index contributed by atoms with van der Waals surface area (Å²) < 4.78 is 30.0. The number of sulfonamides is 1. The molecule has 1 heterocycles. The molecule has 142 valence electrons. The Labute approximate surface area is 161 Å². The number of benzene rings is 1. The van der Waals surface area contributed by atoms with Crippen LogP contribution in [0, 0.1) is 0 Å². The molecule has 0 unspecified atom stereocenters. The number of amides is 1. The molecule has 1 aromatic carbocycles. The fraction of sp³-hybridized carbons (Fsp3) is 0.375. The third-order valence-corrected chi connectivity index (χ3v) is 5.82. The second kappa shape index (κ2) is 8.39. The number of esters is 1. The summed E-state index contributed by atoms with van der Waals surface area (Å²) in [5.74, 6) is -1.14. The molecule has 7 nitrogen and oxygen atoms in total. The lowest BCUT2D eigenvalue weighted by atomic mass is 9.99. The normalized spacial score (nSPS) is 15.4. The Kier molecular flexibility index (Phi) is 6.68. The van der Waals surface area contributed by atoms with Gasteiger partial charge in [-0.25, -0.2) is 8.42 Å². The molecule has 0 aromatic heterocycles. The zero-order valence-corrected chi connectivity index (χ0v) is 16.5. The van der Waals surface area contributed by atoms with E-state index in [-0.39, 0.29) is 40.1 Å². The number of ether oxygens (including phenoxy) is 1. The first kappa shape index (κ1) is 20.7. The van der Waals surface area contributed by atoms with Gasteiger partial charge in [0, 0.05) is 17.1 Å². The van der Waals surface area contributed by atoms with Gasteiger partial charge < -0.3 is 4.74 Å². The van der Waals surface area contributed by atoms with Crippen molar-refractivity contribution in [1.29, 1.82) is 0 Å². The monoisotopic (exact) mass is 420 g/mol. The number of rotatable bonds is 6. The van der Waals surface area contributed by atoms with Gasteiger partial charge in [-0.2, -0.15) is 0 Å². The maximum atomic E-state index is 12.6. The second-order valence-corrected chi connectivity index (χ2v) is 8.09. The van der Waals surface area contributed by atoms with E-state index in [1.54, 1.807) is 13.8 Å². The molecule has 0 atom stereocenters. The molecule has 0 radical (unpaired) electrons. The zero-order valence-electron chi connectivity index (χ0n) is 14.2. The van der Waals surface area contributed by atoms with Crippen molar-refractivity contribution in [3.05, 3.63) is 39.4 Å². The number of carbonyl (C=O) groups is 2. The second-order valence-electron chi connectivity index (χ2n) is 5.62. The van der Waals surface area contributed by atoms with Crippen LogP contribution < -0.4 is 4.83 Å². The summed E-state index contributed by atoms with van der Waals surface area (Å²) in [6.45, 7) is 3.72. The highest BCUT2D eigenvalue weighted by atomic mass is 35.5. The van der Waals surface area contributed by atoms with E-state index in [0.717, 1.165) is 10.6 Å². The van der Waals surface area contributed by atoms with Crippen LogP contribution in [0.1, 0.15) is 26.7 Å². The lowest BCUT2D eigenvalue weighted by Crippen LogP contribution is -2.49. The molecule has 1 N–H and O–H groups in total. The molecule has 1 aliphatic heterocycles. The molecule has 0 fully saturated rings. The molecule has 0 spiro atoms. The summed E-state index contributed by atoms with van der Waals surface area (Å²) in [6.07, 6.45) is 0.209. The van der Waals surface area contributed by atoms with Crippen molar-refractivity contribution in [1.82, 2.24) is 9.84 Å². The van der Waals surface area contributed by atoms with Gasteiger partial charge in [0.15, 0.2) is 0 Å². The van der Waals surface area contributed by atoms with Crippen molar-refractivity contribution in [2.45, 2.75) is 31.6 Å². The standard InChI is InChI=1S/C16H18Cl2N2O5S/c1-3-25-15(21)9-12-10(2)6-7-20(16(12)22)19-26(23,24)14-8-11(17)4-5-13(14)18/h4-5,8,19H,3,6-7,9H2,1-2H3. The Hall–Kier alpha value is -1.61. The molecule has 0 saturated carbocycles. The maximum Gasteiger partial charge on any atom is 0.310 e. The highest BCUT2D eigenvalue weighted by Gasteiger charge is 2.31. The summed E-state index contributed by atoms with van der Waals surface area (Å²) in [5.41, 5.74) is 0.939. The number of nitrogens with zero attached hydrogens (tertiary/aromatic N) is 1. The Morgan fingerprint density at radius 1 is 1.35 bits per heavy atom. The largest absolute Gasteiger partial charge is 0.466 e. The van der Waals surface area contributed by atoms with Crippen molar-refractivity contribution in [2.24, 2.45) is 0 Å². The van der Waals surface area contributed by atoms with Crippen LogP contribution in [0.3, 0.4) is 0 Å². The molecule has 26 heavy (non-hydrogen) atoms. The average Bonchev–Trinajstić information content (AvgIpc) is 2.56. The van der Waals surface area contributed by atoms with Crippen molar-refractivity contribution >= 4 is 45.1 Å². The van der Waals surface area contributed by atoms with E-state index in [9.17, 15) is 18.0 Å². The van der Waals surface area contributed by atoms with Gasteiger partial charge >= 0.3 is 5.97 Å². The molecule has 0 saturated heterocycles. The van der Waals surface area contributed by atoms with E-state index in [1.807, 2.05) is 0 Å². The molecular formula is C16H18Cl2N2O5S. The number of hydrogen-bond acceptors (Lipinski definition) is 5. The molecule has 1 aromatic rings. The third kappa shape index (κ3) is 4.76. The van der Waals surface area contributed by atoms with Crippen LogP contribution >= 0.6 is 23.2 Å². The van der Waals surface area contributed by atoms with Crippen LogP contribution in [-0.4, -0.2) is 38.5 Å². The molecule has 1 aliphatic rings. The summed E-state index contributed by atoms with van der Waals surface area (Å²) in [5, 5.41) is 1.12. The van der Waals surface area contributed by atoms with Gasteiger partial charge in [-0.15, -0.1) is 4.83 Å². The van der Waals surface area contributed by atoms with Gasteiger partial charge in [0.25, 0.3) is 15.9 Å². The van der Waals surface area contributed by atoms with Crippen molar-refractivity contribution in [3.63, 3.8) is 0 Å². The van der Waals surface area contributed by atoms with Crippen LogP contribution in [0.25, 0.3) is 0 Å². The summed E-state index contributed by atoms with van der Waals surface area (Å²) >= 11 is 11.8. The Morgan fingerprint density at radius 2 is 2.04 bits per heavy atom. The fourth-order valence-corrected chi connectivity index (χ4v) is 4.25. The van der Waals surface area contributed by atoms with E-state index in [2.05, 4.69) is 4.83 Å². The van der Waals surface area contributed by atoms with Crippen LogP contribution in [0.4, 0.5) is 0 Å². The van der Waals surface area contributed by atoms with Crippen molar-refractivity contribution in [3.8, 4) is 0 Å². The summed E-state index contributed by atoms with van der Waals surface area (Å²) in [7, 11) is -4.13. The minimum atomic E-state index is -4.13. The van der Waals surface area contributed by atoms with E-state index in [0.29, 0.717) is 6.42 Å². The van der Waals surface area contributed by atoms with E-state index in [4.69, 9.17) is 27.9 Å². The number of carbonyl (C=O) groups excluding carboxylic acids is 2. The fourth-order valence-electron chi connectivity index (χ4n) is 2.42. The molecule has 0 bridgehead atoms. The lowest BCUT2D eigenvalue weighted by molar-refractivity contribution is -0.143. The molecule has 1 amide bonds. The van der Waals surface area contributed by atoms with Crippen LogP contribution in [0.15, 0.2) is 34.2 Å². The number of halogens is 2. The third-order valence-electron chi connectivity index (χ3n) is 3.77. The van der Waals surface area contributed by atoms with Crippen LogP contribution in [-0.2, 0) is 24.3 Å². The topological polar surface area (TPSA) is 92.8 Å². The van der Waals surface area contributed by atoms with E-state index in [1.165, 1.54) is 18.2 Å². The van der Waals surface area contributed by atoms with Crippen molar-refractivity contribution in [2.75, 3.05) is 13.2 Å². The average molecular weight is 421 g/mol.